The van der Waals surface area contributed by atoms with Crippen LogP contribution < -0.4 is 20.9 Å². The summed E-state index contributed by atoms with van der Waals surface area (Å²) in [7, 11) is -7.35. The third-order valence-corrected chi connectivity index (χ3v) is 14.6. The van der Waals surface area contributed by atoms with E-state index >= 15 is 0 Å². The maximum Gasteiger partial charge on any atom is 0.240 e. The van der Waals surface area contributed by atoms with Crippen molar-refractivity contribution in [1.29, 1.82) is 0 Å². The van der Waals surface area contributed by atoms with Gasteiger partial charge in [-0.15, -0.1) is 22.7 Å². The van der Waals surface area contributed by atoms with Gasteiger partial charge in [0.15, 0.2) is 11.6 Å². The van der Waals surface area contributed by atoms with Crippen LogP contribution in [-0.2, 0) is 29.5 Å². The van der Waals surface area contributed by atoms with Crippen LogP contribution >= 0.6 is 22.7 Å². The summed E-state index contributed by atoms with van der Waals surface area (Å²) in [6.45, 7) is 9.51. The van der Waals surface area contributed by atoms with E-state index in [9.17, 15) is 16.8 Å². The standard InChI is InChI=1S/2C20H23N5O3S2/c2*1-12-5-6-15(30(26,27)24-9-14-4-3-7-28-14)8-16(12)17-10-23-20(21)19(25-17)18-11-22-13(2)29-18/h2*5-6,8,10-11,14,24H,3-4,7,9H2,1-2H3,(H2,21,23)/t2*14-/m10/s1. The number of sulfonamides is 2. The van der Waals surface area contributed by atoms with Crippen molar-refractivity contribution >= 4 is 54.4 Å². The largest absolute Gasteiger partial charge is 0.382 e. The first-order valence-corrected chi connectivity index (χ1v) is 23.8. The zero-order valence-electron chi connectivity index (χ0n) is 33.5. The molecule has 0 bridgehead atoms. The normalized spacial score (nSPS) is 16.8. The molecule has 0 radical (unpaired) electrons. The Labute approximate surface area is 357 Å². The van der Waals surface area contributed by atoms with E-state index in [1.807, 2.05) is 27.7 Å². The van der Waals surface area contributed by atoms with E-state index in [1.165, 1.54) is 22.7 Å². The van der Waals surface area contributed by atoms with Gasteiger partial charge in [0.1, 0.15) is 11.4 Å². The first-order valence-electron chi connectivity index (χ1n) is 19.2. The van der Waals surface area contributed by atoms with Crippen LogP contribution in [0.5, 0.6) is 0 Å². The summed E-state index contributed by atoms with van der Waals surface area (Å²) in [5, 5.41) is 1.80. The lowest BCUT2D eigenvalue weighted by Crippen LogP contribution is -2.31. The van der Waals surface area contributed by atoms with Crippen molar-refractivity contribution in [2.45, 2.75) is 75.4 Å². The van der Waals surface area contributed by atoms with Gasteiger partial charge in [-0.05, 0) is 88.8 Å². The average Bonchev–Trinajstić information content (AvgIpc) is 4.08. The monoisotopic (exact) mass is 890 g/mol. The van der Waals surface area contributed by atoms with Gasteiger partial charge in [-0.2, -0.15) is 0 Å². The van der Waals surface area contributed by atoms with Gasteiger partial charge >= 0.3 is 0 Å². The predicted molar refractivity (Wildman–Crippen MR) is 233 cm³/mol. The summed E-state index contributed by atoms with van der Waals surface area (Å²) in [5.74, 6) is 0.615. The molecule has 2 aliphatic heterocycles. The van der Waals surface area contributed by atoms with Crippen LogP contribution in [0.3, 0.4) is 0 Å². The van der Waals surface area contributed by atoms with Crippen molar-refractivity contribution in [2.75, 3.05) is 37.8 Å². The van der Waals surface area contributed by atoms with Crippen molar-refractivity contribution in [1.82, 2.24) is 39.3 Å². The molecule has 16 nitrogen and oxygen atoms in total. The fraction of sp³-hybridized carbons (Fsp3) is 0.350. The van der Waals surface area contributed by atoms with E-state index in [2.05, 4.69) is 39.3 Å². The molecule has 0 saturated carbocycles. The maximum absolute atomic E-state index is 12.8. The molecule has 2 atom stereocenters. The molecule has 20 heteroatoms. The number of aryl methyl sites for hydroxylation is 4. The van der Waals surface area contributed by atoms with Crippen molar-refractivity contribution in [3.8, 4) is 43.7 Å². The number of benzene rings is 2. The Morgan fingerprint density at radius 3 is 1.40 bits per heavy atom. The molecule has 2 fully saturated rings. The summed E-state index contributed by atoms with van der Waals surface area (Å²) >= 11 is 2.96. The summed E-state index contributed by atoms with van der Waals surface area (Å²) in [5.41, 5.74) is 17.4. The van der Waals surface area contributed by atoms with Crippen LogP contribution in [0.2, 0.25) is 0 Å². The molecule has 60 heavy (non-hydrogen) atoms. The SMILES string of the molecule is Cc1ncc(-c2nc(-c3cc(S(=O)(=O)NC[C@@H]4CCCO4)ccc3C)cnc2N)s1.Cc1ncc(-c2nc(-c3cc(S(=O)(=O)NC[C@H]4CCCO4)ccc3C)cnc2N)s1. The molecular formula is C40H46N10O6S4. The van der Waals surface area contributed by atoms with E-state index < -0.39 is 20.0 Å². The molecular weight excluding hydrogens is 845 g/mol. The molecule has 2 saturated heterocycles. The number of aromatic nitrogens is 6. The maximum atomic E-state index is 12.8. The van der Waals surface area contributed by atoms with E-state index in [0.717, 1.165) is 56.6 Å². The van der Waals surface area contributed by atoms with E-state index in [-0.39, 0.29) is 35.1 Å². The molecule has 6 aromatic rings. The lowest BCUT2D eigenvalue weighted by molar-refractivity contribution is 0.114. The second-order valence-electron chi connectivity index (χ2n) is 14.4. The number of hydrogen-bond acceptors (Lipinski definition) is 16. The van der Waals surface area contributed by atoms with Crippen molar-refractivity contribution in [3.63, 3.8) is 0 Å². The lowest BCUT2D eigenvalue weighted by atomic mass is 10.1. The molecule has 6 heterocycles. The number of rotatable bonds is 12. The number of nitrogens with two attached hydrogens (primary N) is 2. The van der Waals surface area contributed by atoms with Gasteiger partial charge in [0.05, 0.1) is 65.5 Å². The Balaban J connectivity index is 0.000000181. The third-order valence-electron chi connectivity index (χ3n) is 9.95. The highest BCUT2D eigenvalue weighted by Crippen LogP contribution is 2.33. The highest BCUT2D eigenvalue weighted by molar-refractivity contribution is 7.89. The van der Waals surface area contributed by atoms with Crippen LogP contribution in [0.1, 0.15) is 46.8 Å². The first-order chi connectivity index (χ1) is 28.7. The number of ether oxygens (including phenoxy) is 2. The zero-order valence-corrected chi connectivity index (χ0v) is 36.8. The van der Waals surface area contributed by atoms with Gasteiger partial charge in [0.25, 0.3) is 0 Å². The molecule has 2 aliphatic rings. The van der Waals surface area contributed by atoms with Crippen LogP contribution in [-0.4, -0.2) is 85.3 Å². The second-order valence-corrected chi connectivity index (χ2v) is 20.4. The van der Waals surface area contributed by atoms with Gasteiger partial charge in [-0.1, -0.05) is 12.1 Å². The Kier molecular flexibility index (Phi) is 13.3. The van der Waals surface area contributed by atoms with Gasteiger partial charge in [-0.25, -0.2) is 56.2 Å². The zero-order chi connectivity index (χ0) is 42.6. The molecule has 0 spiro atoms. The van der Waals surface area contributed by atoms with Crippen LogP contribution in [0.4, 0.5) is 11.6 Å². The van der Waals surface area contributed by atoms with E-state index in [0.29, 0.717) is 58.8 Å². The average molecular weight is 891 g/mol. The highest BCUT2D eigenvalue weighted by atomic mass is 32.2. The second kappa shape index (κ2) is 18.4. The van der Waals surface area contributed by atoms with Gasteiger partial charge in [0.2, 0.25) is 20.0 Å². The van der Waals surface area contributed by atoms with E-state index in [1.54, 1.807) is 61.2 Å². The number of hydrogen-bond donors (Lipinski definition) is 4. The fourth-order valence-electron chi connectivity index (χ4n) is 6.63. The molecule has 8 rings (SSSR count). The molecule has 0 amide bonds. The third kappa shape index (κ3) is 10.2. The van der Waals surface area contributed by atoms with Crippen molar-refractivity contribution in [3.05, 3.63) is 82.3 Å². The minimum Gasteiger partial charge on any atom is -0.382 e. The number of nitrogens with zero attached hydrogens (tertiary/aromatic N) is 6. The van der Waals surface area contributed by atoms with Crippen molar-refractivity contribution < 1.29 is 26.3 Å². The number of thiazole rings is 2. The van der Waals surface area contributed by atoms with Crippen LogP contribution in [0.15, 0.2) is 71.0 Å². The summed E-state index contributed by atoms with van der Waals surface area (Å²) in [4.78, 5) is 28.4. The molecule has 6 N–H and O–H groups in total. The molecule has 4 aromatic heterocycles. The van der Waals surface area contributed by atoms with Gasteiger partial charge in [-0.3, -0.25) is 0 Å². The molecule has 0 unspecified atom stereocenters. The molecule has 0 aliphatic carbocycles. The van der Waals surface area contributed by atoms with E-state index in [4.69, 9.17) is 20.9 Å². The topological polar surface area (TPSA) is 240 Å². The quantitative estimate of drug-likeness (QED) is 0.113. The Morgan fingerprint density at radius 2 is 1.05 bits per heavy atom. The van der Waals surface area contributed by atoms with Crippen LogP contribution in [0.25, 0.3) is 43.7 Å². The smallest absolute Gasteiger partial charge is 0.240 e. The molecule has 316 valence electrons. The first kappa shape index (κ1) is 43.3. The number of anilines is 2. The summed E-state index contributed by atoms with van der Waals surface area (Å²) in [6, 6.07) is 9.96. The Hall–Kier alpha value is -4.80. The Morgan fingerprint density at radius 1 is 0.633 bits per heavy atom. The molecule has 2 aromatic carbocycles. The van der Waals surface area contributed by atoms with Crippen molar-refractivity contribution in [2.24, 2.45) is 0 Å². The summed E-state index contributed by atoms with van der Waals surface area (Å²) < 4.78 is 67.5. The minimum absolute atomic E-state index is 0.0712. The Bertz CT molecular complexity index is 2530. The number of nitrogens with one attached hydrogen (secondary N) is 2. The highest BCUT2D eigenvalue weighted by Gasteiger charge is 2.24. The van der Waals surface area contributed by atoms with Gasteiger partial charge < -0.3 is 20.9 Å². The predicted octanol–water partition coefficient (Wildman–Crippen LogP) is 5.85. The fourth-order valence-corrected chi connectivity index (χ4v) is 10.4. The summed E-state index contributed by atoms with van der Waals surface area (Å²) in [6.07, 6.45) is 10.1. The van der Waals surface area contributed by atoms with Gasteiger partial charge in [0, 0.05) is 49.8 Å². The van der Waals surface area contributed by atoms with Crippen LogP contribution in [0, 0.1) is 27.7 Å². The number of nitrogen functional groups attached to an aromatic ring is 2. The lowest BCUT2D eigenvalue weighted by Gasteiger charge is -2.13. The minimum atomic E-state index is -3.67.